The number of carbonyl (C=O) groups excluding carboxylic acids is 1. The Hall–Kier alpha value is -2.22. The molecule has 29 heavy (non-hydrogen) atoms. The monoisotopic (exact) mass is 415 g/mol. The van der Waals surface area contributed by atoms with Crippen molar-refractivity contribution < 1.29 is 13.2 Å². The zero-order valence-electron chi connectivity index (χ0n) is 17.1. The van der Waals surface area contributed by atoms with Crippen LogP contribution in [0.15, 0.2) is 53.4 Å². The summed E-state index contributed by atoms with van der Waals surface area (Å²) < 4.78 is 23.2. The van der Waals surface area contributed by atoms with Crippen LogP contribution in [-0.4, -0.2) is 56.6 Å². The summed E-state index contributed by atoms with van der Waals surface area (Å²) in [6.07, 6.45) is 2.34. The Morgan fingerprint density at radius 2 is 1.34 bits per heavy atom. The van der Waals surface area contributed by atoms with Crippen molar-refractivity contribution in [2.24, 2.45) is 0 Å². The fraction of sp³-hybridized carbons (Fsp3) is 0.409. The molecule has 1 amide bonds. The van der Waals surface area contributed by atoms with Crippen LogP contribution in [0.4, 0.5) is 5.69 Å². The number of hydrogen-bond donors (Lipinski definition) is 1. The van der Waals surface area contributed by atoms with E-state index in [1.54, 1.807) is 12.1 Å². The van der Waals surface area contributed by atoms with Crippen LogP contribution in [0.2, 0.25) is 0 Å². The van der Waals surface area contributed by atoms with E-state index >= 15 is 0 Å². The molecule has 1 fully saturated rings. The molecule has 0 unspecified atom stereocenters. The van der Waals surface area contributed by atoms with E-state index in [2.05, 4.69) is 27.2 Å². The van der Waals surface area contributed by atoms with Crippen LogP contribution in [0, 0.1) is 0 Å². The van der Waals surface area contributed by atoms with Gasteiger partial charge in [0.25, 0.3) is 0 Å². The zero-order valence-corrected chi connectivity index (χ0v) is 17.9. The third kappa shape index (κ3) is 6.66. The summed E-state index contributed by atoms with van der Waals surface area (Å²) in [7, 11) is -3.15. The molecule has 0 saturated carbocycles. The second-order valence-electron chi connectivity index (χ2n) is 7.70. The number of amides is 1. The number of rotatable bonds is 6. The van der Waals surface area contributed by atoms with Crippen molar-refractivity contribution >= 4 is 21.4 Å². The SMILES string of the molecule is CC(=O)Nc1ccc(CN2CCCN(Cc3ccc(S(C)(=O)=O)cc3)CC2)cc1. The summed E-state index contributed by atoms with van der Waals surface area (Å²) in [6.45, 7) is 7.31. The Bertz CT molecular complexity index is 925. The van der Waals surface area contributed by atoms with Gasteiger partial charge in [0.1, 0.15) is 0 Å². The van der Waals surface area contributed by atoms with E-state index in [-0.39, 0.29) is 5.91 Å². The number of benzene rings is 2. The van der Waals surface area contributed by atoms with Crippen molar-refractivity contribution in [3.05, 3.63) is 59.7 Å². The maximum absolute atomic E-state index is 11.6. The van der Waals surface area contributed by atoms with Crippen molar-refractivity contribution in [2.45, 2.75) is 31.3 Å². The molecule has 1 N–H and O–H groups in total. The Balaban J connectivity index is 1.51. The summed E-state index contributed by atoms with van der Waals surface area (Å²) in [5, 5.41) is 2.79. The van der Waals surface area contributed by atoms with Gasteiger partial charge in [-0.25, -0.2) is 8.42 Å². The largest absolute Gasteiger partial charge is 0.326 e. The lowest BCUT2D eigenvalue weighted by Gasteiger charge is -2.22. The van der Waals surface area contributed by atoms with Crippen LogP contribution < -0.4 is 5.32 Å². The van der Waals surface area contributed by atoms with Gasteiger partial charge in [-0.3, -0.25) is 14.6 Å². The Labute approximate surface area is 173 Å². The standard InChI is InChI=1S/C22H29N3O3S/c1-18(26)23-21-8-4-19(5-9-21)16-24-12-3-13-25(15-14-24)17-20-6-10-22(11-7-20)29(2,27)28/h4-11H,3,12-17H2,1-2H3,(H,23,26). The Kier molecular flexibility index (Phi) is 7.05. The smallest absolute Gasteiger partial charge is 0.221 e. The second kappa shape index (κ2) is 9.52. The summed E-state index contributed by atoms with van der Waals surface area (Å²) >= 11 is 0. The number of anilines is 1. The molecular formula is C22H29N3O3S. The minimum absolute atomic E-state index is 0.0590. The number of nitrogens with one attached hydrogen (secondary N) is 1. The van der Waals surface area contributed by atoms with E-state index in [9.17, 15) is 13.2 Å². The fourth-order valence-corrected chi connectivity index (χ4v) is 4.23. The van der Waals surface area contributed by atoms with Gasteiger partial charge in [-0.2, -0.15) is 0 Å². The highest BCUT2D eigenvalue weighted by molar-refractivity contribution is 7.90. The summed E-state index contributed by atoms with van der Waals surface area (Å²) in [6, 6.07) is 15.2. The van der Waals surface area contributed by atoms with Crippen LogP contribution in [0.3, 0.4) is 0 Å². The van der Waals surface area contributed by atoms with Crippen molar-refractivity contribution in [2.75, 3.05) is 37.8 Å². The molecule has 0 aliphatic carbocycles. The molecule has 3 rings (SSSR count). The minimum atomic E-state index is -3.15. The number of nitrogens with zero attached hydrogens (tertiary/aromatic N) is 2. The molecule has 7 heteroatoms. The average molecular weight is 416 g/mol. The van der Waals surface area contributed by atoms with Crippen LogP contribution in [-0.2, 0) is 27.7 Å². The molecule has 1 aliphatic rings. The van der Waals surface area contributed by atoms with Gasteiger partial charge >= 0.3 is 0 Å². The summed E-state index contributed by atoms with van der Waals surface area (Å²) in [5.74, 6) is -0.0590. The third-order valence-corrected chi connectivity index (χ3v) is 6.25. The molecule has 1 aliphatic heterocycles. The quantitative estimate of drug-likeness (QED) is 0.786. The van der Waals surface area contributed by atoms with Crippen molar-refractivity contribution in [3.63, 3.8) is 0 Å². The van der Waals surface area contributed by atoms with E-state index < -0.39 is 9.84 Å². The van der Waals surface area contributed by atoms with Gasteiger partial charge in [0.15, 0.2) is 9.84 Å². The predicted octanol–water partition coefficient (Wildman–Crippen LogP) is 2.76. The van der Waals surface area contributed by atoms with Crippen LogP contribution >= 0.6 is 0 Å². The molecule has 1 heterocycles. The molecule has 0 bridgehead atoms. The highest BCUT2D eigenvalue weighted by atomic mass is 32.2. The van der Waals surface area contributed by atoms with Gasteiger partial charge in [-0.05, 0) is 54.9 Å². The molecule has 2 aromatic carbocycles. The molecule has 0 radical (unpaired) electrons. The maximum atomic E-state index is 11.6. The normalized spacial score (nSPS) is 16.3. The van der Waals surface area contributed by atoms with E-state index in [0.29, 0.717) is 4.90 Å². The van der Waals surface area contributed by atoms with Gasteiger partial charge in [0.05, 0.1) is 4.90 Å². The summed E-state index contributed by atoms with van der Waals surface area (Å²) in [4.78, 5) is 16.4. The second-order valence-corrected chi connectivity index (χ2v) is 9.72. The van der Waals surface area contributed by atoms with Crippen molar-refractivity contribution in [3.8, 4) is 0 Å². The van der Waals surface area contributed by atoms with Gasteiger partial charge in [-0.15, -0.1) is 0 Å². The van der Waals surface area contributed by atoms with Crippen LogP contribution in [0.5, 0.6) is 0 Å². The van der Waals surface area contributed by atoms with Crippen molar-refractivity contribution in [1.29, 1.82) is 0 Å². The van der Waals surface area contributed by atoms with Gasteiger partial charge in [0.2, 0.25) is 5.91 Å². The molecule has 0 aromatic heterocycles. The third-order valence-electron chi connectivity index (χ3n) is 5.12. The molecule has 2 aromatic rings. The fourth-order valence-electron chi connectivity index (χ4n) is 3.60. The van der Waals surface area contributed by atoms with Gasteiger partial charge < -0.3 is 5.32 Å². The lowest BCUT2D eigenvalue weighted by molar-refractivity contribution is -0.114. The topological polar surface area (TPSA) is 69.7 Å². The minimum Gasteiger partial charge on any atom is -0.326 e. The molecule has 0 atom stereocenters. The van der Waals surface area contributed by atoms with E-state index in [1.807, 2.05) is 24.3 Å². The molecule has 156 valence electrons. The predicted molar refractivity (Wildman–Crippen MR) is 115 cm³/mol. The lowest BCUT2D eigenvalue weighted by Crippen LogP contribution is -2.30. The highest BCUT2D eigenvalue weighted by Crippen LogP contribution is 2.16. The van der Waals surface area contributed by atoms with Crippen LogP contribution in [0.1, 0.15) is 24.5 Å². The highest BCUT2D eigenvalue weighted by Gasteiger charge is 2.16. The number of carbonyl (C=O) groups is 1. The van der Waals surface area contributed by atoms with E-state index in [0.717, 1.165) is 56.9 Å². The van der Waals surface area contributed by atoms with Crippen molar-refractivity contribution in [1.82, 2.24) is 9.80 Å². The molecule has 1 saturated heterocycles. The zero-order chi connectivity index (χ0) is 20.9. The van der Waals surface area contributed by atoms with E-state index in [1.165, 1.54) is 18.7 Å². The lowest BCUT2D eigenvalue weighted by atomic mass is 10.2. The Morgan fingerprint density at radius 3 is 1.79 bits per heavy atom. The molecule has 0 spiro atoms. The summed E-state index contributed by atoms with van der Waals surface area (Å²) in [5.41, 5.74) is 3.20. The van der Waals surface area contributed by atoms with Gasteiger partial charge in [0, 0.05) is 45.0 Å². The molecule has 6 nitrogen and oxygen atoms in total. The first-order valence-corrected chi connectivity index (χ1v) is 11.8. The molecular weight excluding hydrogens is 386 g/mol. The van der Waals surface area contributed by atoms with E-state index in [4.69, 9.17) is 0 Å². The Morgan fingerprint density at radius 1 is 0.862 bits per heavy atom. The van der Waals surface area contributed by atoms with Crippen LogP contribution in [0.25, 0.3) is 0 Å². The first kappa shape index (κ1) is 21.5. The maximum Gasteiger partial charge on any atom is 0.221 e. The number of hydrogen-bond acceptors (Lipinski definition) is 5. The van der Waals surface area contributed by atoms with Gasteiger partial charge in [-0.1, -0.05) is 24.3 Å². The number of sulfone groups is 1. The first-order valence-electron chi connectivity index (χ1n) is 9.90. The average Bonchev–Trinajstić information content (AvgIpc) is 2.88. The first-order chi connectivity index (χ1) is 13.8.